The molecule has 1 aliphatic carbocycles. The molecule has 7 nitrogen and oxygen atoms in total. The highest BCUT2D eigenvalue weighted by Crippen LogP contribution is 2.33. The number of aryl methyl sites for hydroxylation is 1. The van der Waals surface area contributed by atoms with Crippen LogP contribution in [0.5, 0.6) is 11.5 Å². The smallest absolute Gasteiger partial charge is 0.239 e. The molecule has 1 saturated carbocycles. The van der Waals surface area contributed by atoms with Crippen LogP contribution in [0.2, 0.25) is 0 Å². The van der Waals surface area contributed by atoms with Crippen molar-refractivity contribution in [3.05, 3.63) is 35.6 Å². The Kier molecular flexibility index (Phi) is 4.79. The minimum atomic E-state index is -0.0778. The molecule has 1 aromatic heterocycles. The summed E-state index contributed by atoms with van der Waals surface area (Å²) in [5.41, 5.74) is 1.12. The molecule has 2 heterocycles. The SMILES string of the molecule is Cc1cc(NC(=O)CN(Cc2ccc3c(c2)OCO3)C2CCCC2)no1. The number of carbonyl (C=O) groups is 1. The zero-order valence-corrected chi connectivity index (χ0v) is 14.9. The van der Waals surface area contributed by atoms with Crippen LogP contribution in [0.25, 0.3) is 0 Å². The van der Waals surface area contributed by atoms with Crippen LogP contribution in [0.3, 0.4) is 0 Å². The van der Waals surface area contributed by atoms with Crippen molar-refractivity contribution in [2.24, 2.45) is 0 Å². The van der Waals surface area contributed by atoms with Crippen LogP contribution in [-0.4, -0.2) is 35.3 Å². The van der Waals surface area contributed by atoms with E-state index in [-0.39, 0.29) is 12.7 Å². The molecule has 2 aromatic rings. The fraction of sp³-hybridized carbons (Fsp3) is 0.474. The van der Waals surface area contributed by atoms with E-state index in [1.165, 1.54) is 12.8 Å². The fourth-order valence-electron chi connectivity index (χ4n) is 3.65. The van der Waals surface area contributed by atoms with E-state index in [4.69, 9.17) is 14.0 Å². The molecule has 4 rings (SSSR count). The number of hydrogen-bond donors (Lipinski definition) is 1. The molecule has 2 aliphatic rings. The lowest BCUT2D eigenvalue weighted by atomic mass is 10.1. The summed E-state index contributed by atoms with van der Waals surface area (Å²) >= 11 is 0. The van der Waals surface area contributed by atoms with Gasteiger partial charge in [0, 0.05) is 18.7 Å². The number of benzene rings is 1. The predicted molar refractivity (Wildman–Crippen MR) is 95.1 cm³/mol. The van der Waals surface area contributed by atoms with Gasteiger partial charge >= 0.3 is 0 Å². The Bertz CT molecular complexity index is 783. The van der Waals surface area contributed by atoms with E-state index in [2.05, 4.69) is 15.4 Å². The molecule has 0 bridgehead atoms. The van der Waals surface area contributed by atoms with Gasteiger partial charge < -0.3 is 19.3 Å². The lowest BCUT2D eigenvalue weighted by molar-refractivity contribution is -0.118. The molecular weight excluding hydrogens is 334 g/mol. The molecule has 1 N–H and O–H groups in total. The molecule has 0 saturated heterocycles. The van der Waals surface area contributed by atoms with Crippen molar-refractivity contribution in [3.63, 3.8) is 0 Å². The quantitative estimate of drug-likeness (QED) is 0.856. The van der Waals surface area contributed by atoms with Gasteiger partial charge in [-0.15, -0.1) is 0 Å². The van der Waals surface area contributed by atoms with Crippen LogP contribution in [0.4, 0.5) is 5.82 Å². The van der Waals surface area contributed by atoms with Gasteiger partial charge in [0.25, 0.3) is 0 Å². The van der Waals surface area contributed by atoms with Crippen molar-refractivity contribution in [2.75, 3.05) is 18.7 Å². The Morgan fingerprint density at radius 3 is 2.81 bits per heavy atom. The summed E-state index contributed by atoms with van der Waals surface area (Å²) in [6.07, 6.45) is 4.68. The summed E-state index contributed by atoms with van der Waals surface area (Å²) in [4.78, 5) is 14.7. The Morgan fingerprint density at radius 2 is 2.04 bits per heavy atom. The van der Waals surface area contributed by atoms with E-state index in [1.54, 1.807) is 13.0 Å². The number of carbonyl (C=O) groups excluding carboxylic acids is 1. The van der Waals surface area contributed by atoms with E-state index < -0.39 is 0 Å². The monoisotopic (exact) mass is 357 g/mol. The first-order valence-corrected chi connectivity index (χ1v) is 9.03. The molecular formula is C19H23N3O4. The van der Waals surface area contributed by atoms with Crippen LogP contribution in [0, 0.1) is 6.92 Å². The first-order chi connectivity index (χ1) is 12.7. The van der Waals surface area contributed by atoms with Crippen molar-refractivity contribution in [3.8, 4) is 11.5 Å². The van der Waals surface area contributed by atoms with Gasteiger partial charge in [-0.3, -0.25) is 9.69 Å². The molecule has 1 aliphatic heterocycles. The highest BCUT2D eigenvalue weighted by Gasteiger charge is 2.25. The van der Waals surface area contributed by atoms with E-state index in [1.807, 2.05) is 18.2 Å². The molecule has 26 heavy (non-hydrogen) atoms. The van der Waals surface area contributed by atoms with Crippen molar-refractivity contribution >= 4 is 11.7 Å². The summed E-state index contributed by atoms with van der Waals surface area (Å²) in [5, 5.41) is 6.64. The lowest BCUT2D eigenvalue weighted by Crippen LogP contribution is -2.39. The van der Waals surface area contributed by atoms with Gasteiger partial charge in [-0.05, 0) is 37.5 Å². The van der Waals surface area contributed by atoms with Gasteiger partial charge in [0.05, 0.1) is 6.54 Å². The zero-order valence-electron chi connectivity index (χ0n) is 14.9. The number of hydrogen-bond acceptors (Lipinski definition) is 6. The average molecular weight is 357 g/mol. The summed E-state index contributed by atoms with van der Waals surface area (Å²) in [6, 6.07) is 8.11. The molecule has 0 spiro atoms. The van der Waals surface area contributed by atoms with Gasteiger partial charge in [0.15, 0.2) is 17.3 Å². The highest BCUT2D eigenvalue weighted by atomic mass is 16.7. The Morgan fingerprint density at radius 1 is 1.23 bits per heavy atom. The number of fused-ring (bicyclic) bond motifs is 1. The Balaban J connectivity index is 1.44. The zero-order chi connectivity index (χ0) is 17.9. The topological polar surface area (TPSA) is 76.8 Å². The molecule has 7 heteroatoms. The number of amides is 1. The highest BCUT2D eigenvalue weighted by molar-refractivity contribution is 5.91. The fourth-order valence-corrected chi connectivity index (χ4v) is 3.65. The number of anilines is 1. The number of nitrogens with zero attached hydrogens (tertiary/aromatic N) is 2. The van der Waals surface area contributed by atoms with Crippen LogP contribution in [0.15, 0.2) is 28.8 Å². The lowest BCUT2D eigenvalue weighted by Gasteiger charge is -2.28. The average Bonchev–Trinajstić information content (AvgIpc) is 3.35. The maximum atomic E-state index is 12.5. The van der Waals surface area contributed by atoms with Crippen LogP contribution in [-0.2, 0) is 11.3 Å². The number of nitrogens with one attached hydrogen (secondary N) is 1. The third-order valence-corrected chi connectivity index (χ3v) is 4.91. The molecule has 0 unspecified atom stereocenters. The Labute approximate surface area is 152 Å². The molecule has 1 aromatic carbocycles. The van der Waals surface area contributed by atoms with Crippen molar-refractivity contribution in [1.82, 2.24) is 10.1 Å². The number of ether oxygens (including phenoxy) is 2. The third kappa shape index (κ3) is 3.83. The minimum Gasteiger partial charge on any atom is -0.454 e. The van der Waals surface area contributed by atoms with Crippen LogP contribution >= 0.6 is 0 Å². The van der Waals surface area contributed by atoms with Crippen molar-refractivity contribution in [2.45, 2.75) is 45.2 Å². The van der Waals surface area contributed by atoms with E-state index in [9.17, 15) is 4.79 Å². The first kappa shape index (κ1) is 16.9. The van der Waals surface area contributed by atoms with Gasteiger partial charge in [-0.1, -0.05) is 24.1 Å². The summed E-state index contributed by atoms with van der Waals surface area (Å²) in [5.74, 6) is 2.61. The minimum absolute atomic E-state index is 0.0778. The normalized spacial score (nSPS) is 16.4. The van der Waals surface area contributed by atoms with E-state index in [0.717, 1.165) is 29.9 Å². The van der Waals surface area contributed by atoms with Crippen LogP contribution in [0.1, 0.15) is 37.0 Å². The predicted octanol–water partition coefficient (Wildman–Crippen LogP) is 3.10. The van der Waals surface area contributed by atoms with Gasteiger partial charge in [0.1, 0.15) is 5.76 Å². The van der Waals surface area contributed by atoms with E-state index >= 15 is 0 Å². The van der Waals surface area contributed by atoms with Gasteiger partial charge in [-0.2, -0.15) is 0 Å². The van der Waals surface area contributed by atoms with Gasteiger partial charge in [0.2, 0.25) is 12.7 Å². The van der Waals surface area contributed by atoms with Crippen molar-refractivity contribution in [1.29, 1.82) is 0 Å². The second kappa shape index (κ2) is 7.37. The molecule has 1 fully saturated rings. The molecule has 0 radical (unpaired) electrons. The Hall–Kier alpha value is -2.54. The van der Waals surface area contributed by atoms with Gasteiger partial charge in [-0.25, -0.2) is 0 Å². The van der Waals surface area contributed by atoms with Crippen LogP contribution < -0.4 is 14.8 Å². The maximum absolute atomic E-state index is 12.5. The standard InChI is InChI=1S/C19H23N3O4/c1-13-8-18(21-26-13)20-19(23)11-22(15-4-2-3-5-15)10-14-6-7-16-17(9-14)25-12-24-16/h6-9,15H,2-5,10-12H2,1H3,(H,20,21,23). The summed E-state index contributed by atoms with van der Waals surface area (Å²) in [6.45, 7) is 3.09. The third-order valence-electron chi connectivity index (χ3n) is 4.91. The first-order valence-electron chi connectivity index (χ1n) is 9.03. The molecule has 138 valence electrons. The largest absolute Gasteiger partial charge is 0.454 e. The number of rotatable bonds is 6. The van der Waals surface area contributed by atoms with E-state index in [0.29, 0.717) is 30.7 Å². The van der Waals surface area contributed by atoms with Crippen molar-refractivity contribution < 1.29 is 18.8 Å². The maximum Gasteiger partial charge on any atom is 0.239 e. The summed E-state index contributed by atoms with van der Waals surface area (Å²) < 4.78 is 15.8. The number of aromatic nitrogens is 1. The second-order valence-corrected chi connectivity index (χ2v) is 6.90. The second-order valence-electron chi connectivity index (χ2n) is 6.90. The summed E-state index contributed by atoms with van der Waals surface area (Å²) in [7, 11) is 0. The molecule has 1 amide bonds. The molecule has 0 atom stereocenters.